The van der Waals surface area contributed by atoms with Crippen LogP contribution in [-0.4, -0.2) is 42.6 Å². The molecule has 0 spiro atoms. The fourth-order valence-electron chi connectivity index (χ4n) is 4.09. The zero-order valence-corrected chi connectivity index (χ0v) is 12.7. The molecule has 1 aliphatic heterocycles. The van der Waals surface area contributed by atoms with Crippen molar-refractivity contribution in [2.45, 2.75) is 25.7 Å². The van der Waals surface area contributed by atoms with Crippen LogP contribution in [-0.2, 0) is 16.0 Å². The molecule has 0 aromatic carbocycles. The predicted molar refractivity (Wildman–Crippen MR) is 80.7 cm³/mol. The van der Waals surface area contributed by atoms with Gasteiger partial charge in [0.1, 0.15) is 6.61 Å². The van der Waals surface area contributed by atoms with Crippen molar-refractivity contribution in [2.75, 3.05) is 26.8 Å². The molecule has 1 saturated carbocycles. The molecule has 1 amide bonds. The molecule has 1 aromatic rings. The van der Waals surface area contributed by atoms with E-state index in [2.05, 4.69) is 11.1 Å². The number of ether oxygens (including phenoxy) is 1. The molecule has 0 unspecified atom stereocenters. The summed E-state index contributed by atoms with van der Waals surface area (Å²) in [6.45, 7) is 2.06. The van der Waals surface area contributed by atoms with Gasteiger partial charge in [0, 0.05) is 32.6 Å². The van der Waals surface area contributed by atoms with E-state index in [4.69, 9.17) is 4.74 Å². The molecular formula is C17H24N2O2. The second kappa shape index (κ2) is 6.56. The first kappa shape index (κ1) is 14.5. The van der Waals surface area contributed by atoms with Crippen molar-refractivity contribution >= 4 is 5.91 Å². The third-order valence-electron chi connectivity index (χ3n) is 5.09. The van der Waals surface area contributed by atoms with Crippen LogP contribution < -0.4 is 0 Å². The number of methoxy groups -OCH3 is 1. The third kappa shape index (κ3) is 3.26. The summed E-state index contributed by atoms with van der Waals surface area (Å²) in [7, 11) is 1.59. The van der Waals surface area contributed by atoms with Crippen LogP contribution in [0, 0.1) is 17.8 Å². The minimum Gasteiger partial charge on any atom is -0.375 e. The smallest absolute Gasteiger partial charge is 0.248 e. The Morgan fingerprint density at radius 1 is 1.43 bits per heavy atom. The molecule has 0 N–H and O–H groups in total. The van der Waals surface area contributed by atoms with Gasteiger partial charge in [0.15, 0.2) is 0 Å². The number of hydrogen-bond donors (Lipinski definition) is 0. The Kier molecular flexibility index (Phi) is 4.54. The molecule has 114 valence electrons. The molecule has 4 nitrogen and oxygen atoms in total. The molecule has 4 heteroatoms. The van der Waals surface area contributed by atoms with Gasteiger partial charge >= 0.3 is 0 Å². The molecule has 3 atom stereocenters. The molecule has 1 aliphatic carbocycles. The maximum atomic E-state index is 12.0. The number of amides is 1. The number of aromatic nitrogens is 1. The Labute approximate surface area is 126 Å². The Morgan fingerprint density at radius 2 is 2.33 bits per heavy atom. The van der Waals surface area contributed by atoms with Crippen molar-refractivity contribution in [2.24, 2.45) is 17.8 Å². The van der Waals surface area contributed by atoms with E-state index >= 15 is 0 Å². The average Bonchev–Trinajstić information content (AvgIpc) is 2.94. The zero-order valence-electron chi connectivity index (χ0n) is 12.7. The monoisotopic (exact) mass is 288 g/mol. The summed E-state index contributed by atoms with van der Waals surface area (Å²) in [5.74, 6) is 2.17. The van der Waals surface area contributed by atoms with E-state index in [1.165, 1.54) is 24.8 Å². The molecule has 2 aliphatic rings. The molecule has 2 fully saturated rings. The third-order valence-corrected chi connectivity index (χ3v) is 5.09. The van der Waals surface area contributed by atoms with Crippen LogP contribution in [0.5, 0.6) is 0 Å². The van der Waals surface area contributed by atoms with Crippen LogP contribution in [0.4, 0.5) is 0 Å². The van der Waals surface area contributed by atoms with Crippen LogP contribution in [0.15, 0.2) is 24.5 Å². The molecule has 1 saturated heterocycles. The van der Waals surface area contributed by atoms with Crippen molar-refractivity contribution < 1.29 is 9.53 Å². The van der Waals surface area contributed by atoms with E-state index in [0.29, 0.717) is 17.8 Å². The average molecular weight is 288 g/mol. The lowest BCUT2D eigenvalue weighted by atomic mass is 9.72. The van der Waals surface area contributed by atoms with Gasteiger partial charge < -0.3 is 9.64 Å². The van der Waals surface area contributed by atoms with Crippen molar-refractivity contribution in [1.29, 1.82) is 0 Å². The number of fused-ring (bicyclic) bond motifs is 1. The highest BCUT2D eigenvalue weighted by Gasteiger charge is 2.41. The highest BCUT2D eigenvalue weighted by Crippen LogP contribution is 2.41. The molecule has 21 heavy (non-hydrogen) atoms. The first-order valence-electron chi connectivity index (χ1n) is 7.93. The Bertz CT molecular complexity index is 477. The summed E-state index contributed by atoms with van der Waals surface area (Å²) < 4.78 is 4.99. The van der Waals surface area contributed by atoms with E-state index in [1.54, 1.807) is 7.11 Å². The lowest BCUT2D eigenvalue weighted by Crippen LogP contribution is -2.32. The van der Waals surface area contributed by atoms with E-state index in [1.807, 2.05) is 23.4 Å². The van der Waals surface area contributed by atoms with E-state index in [9.17, 15) is 4.79 Å². The van der Waals surface area contributed by atoms with Gasteiger partial charge in [-0.25, -0.2) is 0 Å². The van der Waals surface area contributed by atoms with Crippen LogP contribution in [0.1, 0.15) is 24.8 Å². The normalized spacial score (nSPS) is 28.4. The lowest BCUT2D eigenvalue weighted by Gasteiger charge is -2.32. The van der Waals surface area contributed by atoms with Crippen LogP contribution in [0.3, 0.4) is 0 Å². The quantitative estimate of drug-likeness (QED) is 0.852. The SMILES string of the molecule is COCC(=O)N1C[C@H]2CCC[C@H](Cc3cccnc3)[C@H]2C1. The molecular weight excluding hydrogens is 264 g/mol. The van der Waals surface area contributed by atoms with Gasteiger partial charge in [-0.2, -0.15) is 0 Å². The maximum Gasteiger partial charge on any atom is 0.248 e. The molecule has 1 aromatic heterocycles. The second-order valence-electron chi connectivity index (χ2n) is 6.41. The largest absolute Gasteiger partial charge is 0.375 e. The van der Waals surface area contributed by atoms with Gasteiger partial charge in [-0.3, -0.25) is 9.78 Å². The van der Waals surface area contributed by atoms with Crippen molar-refractivity contribution in [3.8, 4) is 0 Å². The number of nitrogens with zero attached hydrogens (tertiary/aromatic N) is 2. The van der Waals surface area contributed by atoms with Crippen LogP contribution in [0.25, 0.3) is 0 Å². The first-order valence-corrected chi connectivity index (χ1v) is 7.93. The Hall–Kier alpha value is -1.42. The van der Waals surface area contributed by atoms with Crippen molar-refractivity contribution in [1.82, 2.24) is 9.88 Å². The van der Waals surface area contributed by atoms with E-state index in [-0.39, 0.29) is 12.5 Å². The number of hydrogen-bond acceptors (Lipinski definition) is 3. The fourth-order valence-corrected chi connectivity index (χ4v) is 4.09. The number of likely N-dealkylation sites (tertiary alicyclic amines) is 1. The highest BCUT2D eigenvalue weighted by molar-refractivity contribution is 5.77. The van der Waals surface area contributed by atoms with Gasteiger partial charge in [0.2, 0.25) is 5.91 Å². The van der Waals surface area contributed by atoms with Gasteiger partial charge in [-0.1, -0.05) is 12.5 Å². The summed E-state index contributed by atoms with van der Waals surface area (Å²) in [6, 6.07) is 4.18. The minimum absolute atomic E-state index is 0.145. The Balaban J connectivity index is 1.65. The summed E-state index contributed by atoms with van der Waals surface area (Å²) in [4.78, 5) is 18.3. The van der Waals surface area contributed by atoms with Gasteiger partial charge in [0.25, 0.3) is 0 Å². The number of carbonyl (C=O) groups is 1. The standard InChI is InChI=1S/C17H24N2O2/c1-21-12-17(20)19-10-15-6-2-5-14(16(15)11-19)8-13-4-3-7-18-9-13/h3-4,7,9,14-16H,2,5-6,8,10-12H2,1H3/t14-,15-,16-/m1/s1. The highest BCUT2D eigenvalue weighted by atomic mass is 16.5. The minimum atomic E-state index is 0.145. The van der Waals surface area contributed by atoms with Crippen LogP contribution in [0.2, 0.25) is 0 Å². The maximum absolute atomic E-state index is 12.0. The van der Waals surface area contributed by atoms with E-state index in [0.717, 1.165) is 19.5 Å². The number of rotatable bonds is 4. The molecule has 0 radical (unpaired) electrons. The fraction of sp³-hybridized carbons (Fsp3) is 0.647. The second-order valence-corrected chi connectivity index (χ2v) is 6.41. The topological polar surface area (TPSA) is 42.4 Å². The summed E-state index contributed by atoms with van der Waals surface area (Å²) in [5, 5.41) is 0. The summed E-state index contributed by atoms with van der Waals surface area (Å²) >= 11 is 0. The molecule has 3 rings (SSSR count). The lowest BCUT2D eigenvalue weighted by molar-refractivity contribution is -0.134. The number of carbonyl (C=O) groups excluding carboxylic acids is 1. The van der Waals surface area contributed by atoms with E-state index < -0.39 is 0 Å². The van der Waals surface area contributed by atoms with Gasteiger partial charge in [0.05, 0.1) is 0 Å². The van der Waals surface area contributed by atoms with Gasteiger partial charge in [-0.15, -0.1) is 0 Å². The molecule has 0 bridgehead atoms. The Morgan fingerprint density at radius 3 is 3.10 bits per heavy atom. The van der Waals surface area contributed by atoms with Gasteiger partial charge in [-0.05, 0) is 48.6 Å². The number of pyridine rings is 1. The first-order chi connectivity index (χ1) is 10.3. The molecule has 2 heterocycles. The predicted octanol–water partition coefficient (Wildman–Crippen LogP) is 2.15. The van der Waals surface area contributed by atoms with Crippen LogP contribution >= 0.6 is 0 Å². The summed E-state index contributed by atoms with van der Waals surface area (Å²) in [6.07, 6.45) is 8.74. The summed E-state index contributed by atoms with van der Waals surface area (Å²) in [5.41, 5.74) is 1.32. The van der Waals surface area contributed by atoms with Crippen molar-refractivity contribution in [3.05, 3.63) is 30.1 Å². The zero-order chi connectivity index (χ0) is 14.7. The van der Waals surface area contributed by atoms with Crippen molar-refractivity contribution in [3.63, 3.8) is 0 Å².